The van der Waals surface area contributed by atoms with Crippen LogP contribution in [0.3, 0.4) is 0 Å². The molecular formula is C28H36N10O5. The highest BCUT2D eigenvalue weighted by Crippen LogP contribution is 2.29. The number of aromatic nitrogens is 7. The molecule has 0 aliphatic rings. The average molecular weight is 593 g/mol. The van der Waals surface area contributed by atoms with E-state index in [0.29, 0.717) is 47.2 Å². The van der Waals surface area contributed by atoms with Crippen LogP contribution in [0.15, 0.2) is 36.1 Å². The number of anilines is 1. The average Bonchev–Trinajstić information content (AvgIpc) is 3.71. The van der Waals surface area contributed by atoms with Crippen LogP contribution in [0.5, 0.6) is 0 Å². The minimum atomic E-state index is -0.833. The maximum absolute atomic E-state index is 11.7. The van der Waals surface area contributed by atoms with Crippen LogP contribution in [0.4, 0.5) is 5.82 Å². The lowest BCUT2D eigenvalue weighted by Gasteiger charge is -2.05. The molecule has 228 valence electrons. The molecule has 5 aromatic rings. The van der Waals surface area contributed by atoms with Crippen molar-refractivity contribution in [2.45, 2.75) is 47.7 Å². The van der Waals surface area contributed by atoms with Gasteiger partial charge in [0.2, 0.25) is 0 Å². The van der Waals surface area contributed by atoms with Gasteiger partial charge in [-0.25, -0.2) is 15.0 Å². The maximum atomic E-state index is 11.7. The van der Waals surface area contributed by atoms with Crippen LogP contribution < -0.4 is 11.5 Å². The highest BCUT2D eigenvalue weighted by Gasteiger charge is 2.20. The van der Waals surface area contributed by atoms with E-state index in [2.05, 4.69) is 20.1 Å². The van der Waals surface area contributed by atoms with E-state index in [1.54, 1.807) is 30.2 Å². The molecule has 0 aliphatic carbocycles. The number of hydrogen-bond donors (Lipinski definition) is 4. The molecule has 0 aliphatic heterocycles. The summed E-state index contributed by atoms with van der Waals surface area (Å²) in [5, 5.41) is 20.1. The Kier molecular flexibility index (Phi) is 9.70. The van der Waals surface area contributed by atoms with E-state index in [9.17, 15) is 9.59 Å². The van der Waals surface area contributed by atoms with Crippen molar-refractivity contribution in [2.24, 2.45) is 25.0 Å². The third-order valence-corrected chi connectivity index (χ3v) is 6.57. The van der Waals surface area contributed by atoms with E-state index in [4.69, 9.17) is 26.6 Å². The van der Waals surface area contributed by atoms with Gasteiger partial charge in [0.05, 0.1) is 35.3 Å². The number of hydrogen-bond acceptors (Lipinski definition) is 9. The number of nitrogen functional groups attached to an aromatic ring is 1. The second kappa shape index (κ2) is 13.0. The first kappa shape index (κ1) is 32.0. The highest BCUT2D eigenvalue weighted by atomic mass is 16.4. The Bertz CT molecular complexity index is 1850. The van der Waals surface area contributed by atoms with Crippen LogP contribution in [0.25, 0.3) is 33.3 Å². The number of fused-ring (bicyclic) bond motifs is 3. The number of carboxylic acid groups (broad SMARTS) is 1. The molecule has 5 rings (SSSR count). The fraction of sp³-hybridized carbons (Fsp3) is 0.321. The zero-order valence-electron chi connectivity index (χ0n) is 25.2. The van der Waals surface area contributed by atoms with E-state index in [0.717, 1.165) is 29.0 Å². The standard InChI is InChI=1S/C13H17N5O2.C13H15N5O.C2H4O2/c1-4-18-6-9(5-10(18)8(2)19)12-11(13(14)16-20)15-7-17(12)3;1-4-18-9(7(2)19)5-8-11-10(15-6-17(11)3)12(14)16-13(8)18;1-2(3)4/h5-7,20H,4H2,1-3H3,(H2,14,16);5-6H,4H2,1-3H3,(H2,14,16);1H3,(H,3,4). The largest absolute Gasteiger partial charge is 0.481 e. The zero-order valence-corrected chi connectivity index (χ0v) is 25.2. The van der Waals surface area contributed by atoms with Gasteiger partial charge in [0.25, 0.3) is 5.97 Å². The third kappa shape index (κ3) is 6.39. The quantitative estimate of drug-likeness (QED) is 0.0743. The Morgan fingerprint density at radius 1 is 0.953 bits per heavy atom. The molecule has 15 nitrogen and oxygen atoms in total. The van der Waals surface area contributed by atoms with Crippen LogP contribution in [-0.2, 0) is 32.0 Å². The Morgan fingerprint density at radius 3 is 2.07 bits per heavy atom. The van der Waals surface area contributed by atoms with Crippen molar-refractivity contribution in [1.29, 1.82) is 0 Å². The molecular weight excluding hydrogens is 556 g/mol. The third-order valence-electron chi connectivity index (χ3n) is 6.57. The van der Waals surface area contributed by atoms with Gasteiger partial charge in [-0.2, -0.15) is 0 Å². The van der Waals surface area contributed by atoms with Crippen molar-refractivity contribution in [3.05, 3.63) is 48.1 Å². The smallest absolute Gasteiger partial charge is 0.300 e. The number of aryl methyl sites for hydroxylation is 4. The van der Waals surface area contributed by atoms with Gasteiger partial charge in [-0.05, 0) is 26.0 Å². The molecule has 0 amide bonds. The van der Waals surface area contributed by atoms with Crippen molar-refractivity contribution in [1.82, 2.24) is 33.2 Å². The maximum Gasteiger partial charge on any atom is 0.300 e. The topological polar surface area (TPSA) is 214 Å². The molecule has 6 N–H and O–H groups in total. The number of aliphatic carboxylic acids is 1. The number of oxime groups is 1. The number of imidazole rings is 2. The minimum absolute atomic E-state index is 0.00869. The molecule has 0 bridgehead atoms. The predicted octanol–water partition coefficient (Wildman–Crippen LogP) is 3.02. The van der Waals surface area contributed by atoms with Crippen molar-refractivity contribution in [3.8, 4) is 11.3 Å². The normalized spacial score (nSPS) is 11.2. The molecule has 0 radical (unpaired) electrons. The molecule has 0 saturated heterocycles. The zero-order chi connectivity index (χ0) is 32.2. The van der Waals surface area contributed by atoms with Crippen molar-refractivity contribution < 1.29 is 24.7 Å². The van der Waals surface area contributed by atoms with Gasteiger partial charge in [0.15, 0.2) is 23.2 Å². The molecule has 43 heavy (non-hydrogen) atoms. The van der Waals surface area contributed by atoms with Crippen molar-refractivity contribution >= 4 is 51.3 Å². The summed E-state index contributed by atoms with van der Waals surface area (Å²) in [5.41, 5.74) is 17.1. The summed E-state index contributed by atoms with van der Waals surface area (Å²) in [7, 11) is 3.72. The van der Waals surface area contributed by atoms with Gasteiger partial charge < -0.3 is 40.0 Å². The lowest BCUT2D eigenvalue weighted by Crippen LogP contribution is -2.15. The van der Waals surface area contributed by atoms with Crippen LogP contribution in [0.1, 0.15) is 61.3 Å². The second-order valence-electron chi connectivity index (χ2n) is 9.63. The first-order valence-corrected chi connectivity index (χ1v) is 13.3. The van der Waals surface area contributed by atoms with E-state index >= 15 is 0 Å². The van der Waals surface area contributed by atoms with Gasteiger partial charge in [-0.3, -0.25) is 14.4 Å². The molecule has 5 heterocycles. The molecule has 0 unspecified atom stereocenters. The Hall–Kier alpha value is -5.47. The summed E-state index contributed by atoms with van der Waals surface area (Å²) in [6.45, 7) is 9.48. The monoisotopic (exact) mass is 592 g/mol. The molecule has 0 spiro atoms. The van der Waals surface area contributed by atoms with Crippen LogP contribution >= 0.6 is 0 Å². The molecule has 0 aromatic carbocycles. The highest BCUT2D eigenvalue weighted by molar-refractivity contribution is 6.09. The van der Waals surface area contributed by atoms with Gasteiger partial charge in [0, 0.05) is 65.1 Å². The number of carboxylic acids is 1. The summed E-state index contributed by atoms with van der Waals surface area (Å²) in [6, 6.07) is 3.66. The number of amidine groups is 1. The number of rotatable bonds is 6. The number of ketones is 2. The number of carbonyl (C=O) groups is 3. The Balaban J connectivity index is 0.000000210. The molecule has 0 atom stereocenters. The lowest BCUT2D eigenvalue weighted by atomic mass is 10.1. The van der Waals surface area contributed by atoms with E-state index in [1.165, 1.54) is 6.92 Å². The van der Waals surface area contributed by atoms with Gasteiger partial charge >= 0.3 is 0 Å². The van der Waals surface area contributed by atoms with Crippen LogP contribution in [0.2, 0.25) is 0 Å². The van der Waals surface area contributed by atoms with E-state index in [1.807, 2.05) is 53.9 Å². The predicted molar refractivity (Wildman–Crippen MR) is 162 cm³/mol. The lowest BCUT2D eigenvalue weighted by molar-refractivity contribution is -0.134. The number of nitrogens with zero attached hydrogens (tertiary/aromatic N) is 8. The molecule has 15 heteroatoms. The minimum Gasteiger partial charge on any atom is -0.481 e. The Morgan fingerprint density at radius 2 is 1.56 bits per heavy atom. The van der Waals surface area contributed by atoms with Crippen molar-refractivity contribution in [2.75, 3.05) is 5.73 Å². The molecule has 5 aromatic heterocycles. The first-order chi connectivity index (χ1) is 20.3. The Labute approximate surface area is 247 Å². The number of Topliss-reactive ketones (excluding diaryl/α,β-unsaturated/α-hetero) is 2. The fourth-order valence-corrected chi connectivity index (χ4v) is 4.75. The SMILES string of the molecule is CC(=O)O.CCn1c(C(C)=O)cc2c3c(ncn3C)c(N)nc21.CCn1cc(-c2c(C(N)=NO)ncn2C)cc1C(C)=O. The fourth-order valence-electron chi connectivity index (χ4n) is 4.75. The van der Waals surface area contributed by atoms with E-state index < -0.39 is 5.97 Å². The summed E-state index contributed by atoms with van der Waals surface area (Å²) in [6.07, 6.45) is 5.15. The molecule has 0 saturated carbocycles. The van der Waals surface area contributed by atoms with Crippen LogP contribution in [0, 0.1) is 0 Å². The summed E-state index contributed by atoms with van der Waals surface area (Å²) >= 11 is 0. The van der Waals surface area contributed by atoms with Gasteiger partial charge in [-0.1, -0.05) is 5.16 Å². The summed E-state index contributed by atoms with van der Waals surface area (Å²) < 4.78 is 7.42. The number of pyridine rings is 1. The summed E-state index contributed by atoms with van der Waals surface area (Å²) in [4.78, 5) is 45.2. The van der Waals surface area contributed by atoms with Crippen molar-refractivity contribution in [3.63, 3.8) is 0 Å². The van der Waals surface area contributed by atoms with Crippen LogP contribution in [-0.4, -0.2) is 66.9 Å². The van der Waals surface area contributed by atoms with Gasteiger partial charge in [-0.15, -0.1) is 0 Å². The summed E-state index contributed by atoms with van der Waals surface area (Å²) in [5.74, 6) is -0.486. The number of nitrogens with two attached hydrogens (primary N) is 2. The molecule has 0 fully saturated rings. The number of carbonyl (C=O) groups excluding carboxylic acids is 2. The first-order valence-electron chi connectivity index (χ1n) is 13.3. The van der Waals surface area contributed by atoms with E-state index in [-0.39, 0.29) is 17.4 Å². The van der Waals surface area contributed by atoms with Gasteiger partial charge in [0.1, 0.15) is 16.9 Å². The second-order valence-corrected chi connectivity index (χ2v) is 9.63.